The van der Waals surface area contributed by atoms with E-state index in [4.69, 9.17) is 0 Å². The Kier molecular flexibility index (Phi) is 3.59. The number of halogens is 3. The van der Waals surface area contributed by atoms with Crippen LogP contribution in [-0.2, 0) is 14.3 Å². The molecule has 0 saturated heterocycles. The lowest BCUT2D eigenvalue weighted by atomic mass is 10.1. The number of rotatable bonds is 3. The first-order valence-corrected chi connectivity index (χ1v) is 6.05. The molecule has 0 aliphatic rings. The van der Waals surface area contributed by atoms with Gasteiger partial charge in [-0.2, -0.15) is 8.42 Å². The molecule has 0 radical (unpaired) electrons. The van der Waals surface area contributed by atoms with Crippen molar-refractivity contribution in [2.75, 3.05) is 6.26 Å². The summed E-state index contributed by atoms with van der Waals surface area (Å²) < 4.78 is 64.7. The molecule has 0 amide bonds. The standard InChI is InChI=1S/C9H9F3O3S/c1-5(15-16(2,13)14)7-3-6(10)4-8(11)9(7)12/h3-5H,1-2H3/t5-/m0/s1. The molecule has 0 spiro atoms. The molecule has 0 fully saturated rings. The second kappa shape index (κ2) is 4.42. The lowest BCUT2D eigenvalue weighted by Crippen LogP contribution is -2.10. The zero-order valence-corrected chi connectivity index (χ0v) is 9.32. The second-order valence-electron chi connectivity index (χ2n) is 3.23. The van der Waals surface area contributed by atoms with Crippen molar-refractivity contribution in [3.63, 3.8) is 0 Å². The summed E-state index contributed by atoms with van der Waals surface area (Å²) in [7, 11) is -3.83. The van der Waals surface area contributed by atoms with Crippen LogP contribution in [0.5, 0.6) is 0 Å². The van der Waals surface area contributed by atoms with Crippen LogP contribution in [0.25, 0.3) is 0 Å². The molecule has 0 saturated carbocycles. The van der Waals surface area contributed by atoms with Gasteiger partial charge in [0.1, 0.15) is 11.9 Å². The molecule has 0 bridgehead atoms. The fourth-order valence-corrected chi connectivity index (χ4v) is 1.81. The molecule has 7 heteroatoms. The van der Waals surface area contributed by atoms with Crippen molar-refractivity contribution in [2.45, 2.75) is 13.0 Å². The minimum Gasteiger partial charge on any atom is -0.262 e. The van der Waals surface area contributed by atoms with E-state index in [0.29, 0.717) is 12.1 Å². The van der Waals surface area contributed by atoms with Crippen molar-refractivity contribution in [1.29, 1.82) is 0 Å². The van der Waals surface area contributed by atoms with E-state index in [1.807, 2.05) is 0 Å². The fraction of sp³-hybridized carbons (Fsp3) is 0.333. The molecular weight excluding hydrogens is 245 g/mol. The summed E-state index contributed by atoms with van der Waals surface area (Å²) in [6, 6.07) is 1.06. The Balaban J connectivity index is 3.13. The number of hydrogen-bond donors (Lipinski definition) is 0. The highest BCUT2D eigenvalue weighted by atomic mass is 32.2. The molecule has 0 N–H and O–H groups in total. The van der Waals surface area contributed by atoms with E-state index in [2.05, 4.69) is 4.18 Å². The zero-order chi connectivity index (χ0) is 12.5. The maximum atomic E-state index is 13.2. The lowest BCUT2D eigenvalue weighted by molar-refractivity contribution is 0.228. The quantitative estimate of drug-likeness (QED) is 0.613. The monoisotopic (exact) mass is 254 g/mol. The Morgan fingerprint density at radius 3 is 2.31 bits per heavy atom. The third-order valence-corrected chi connectivity index (χ3v) is 2.42. The molecule has 3 nitrogen and oxygen atoms in total. The van der Waals surface area contributed by atoms with E-state index in [1.165, 1.54) is 6.92 Å². The Morgan fingerprint density at radius 2 is 1.81 bits per heavy atom. The zero-order valence-electron chi connectivity index (χ0n) is 8.50. The van der Waals surface area contributed by atoms with Crippen molar-refractivity contribution >= 4 is 10.1 Å². The summed E-state index contributed by atoms with van der Waals surface area (Å²) in [5, 5.41) is 0. The molecule has 1 aromatic rings. The van der Waals surface area contributed by atoms with Crippen LogP contribution in [0, 0.1) is 17.5 Å². The van der Waals surface area contributed by atoms with Gasteiger partial charge in [-0.3, -0.25) is 4.18 Å². The average molecular weight is 254 g/mol. The molecule has 0 aliphatic carbocycles. The summed E-state index contributed by atoms with van der Waals surface area (Å²) in [6.45, 7) is 1.18. The van der Waals surface area contributed by atoms with Crippen LogP contribution >= 0.6 is 0 Å². The van der Waals surface area contributed by atoms with Gasteiger partial charge in [0.25, 0.3) is 10.1 Å². The molecule has 16 heavy (non-hydrogen) atoms. The normalized spacial score (nSPS) is 13.8. The van der Waals surface area contributed by atoms with Crippen LogP contribution in [-0.4, -0.2) is 14.7 Å². The first kappa shape index (κ1) is 13.0. The molecule has 1 aromatic carbocycles. The third kappa shape index (κ3) is 3.21. The van der Waals surface area contributed by atoms with Crippen LogP contribution in [0.2, 0.25) is 0 Å². The minimum atomic E-state index is -3.83. The highest BCUT2D eigenvalue weighted by Gasteiger charge is 2.20. The topological polar surface area (TPSA) is 43.4 Å². The first-order valence-electron chi connectivity index (χ1n) is 4.23. The van der Waals surface area contributed by atoms with Gasteiger partial charge in [-0.05, 0) is 13.0 Å². The van der Waals surface area contributed by atoms with E-state index in [9.17, 15) is 21.6 Å². The van der Waals surface area contributed by atoms with Gasteiger partial charge in [0.15, 0.2) is 11.6 Å². The van der Waals surface area contributed by atoms with Crippen LogP contribution in [0.3, 0.4) is 0 Å². The highest BCUT2D eigenvalue weighted by molar-refractivity contribution is 7.86. The maximum absolute atomic E-state index is 13.2. The van der Waals surface area contributed by atoms with Crippen molar-refractivity contribution in [1.82, 2.24) is 0 Å². The van der Waals surface area contributed by atoms with E-state index in [0.717, 1.165) is 6.26 Å². The summed E-state index contributed by atoms with van der Waals surface area (Å²) >= 11 is 0. The van der Waals surface area contributed by atoms with E-state index < -0.39 is 39.2 Å². The Morgan fingerprint density at radius 1 is 1.25 bits per heavy atom. The number of hydrogen-bond acceptors (Lipinski definition) is 3. The van der Waals surface area contributed by atoms with Crippen LogP contribution in [0.1, 0.15) is 18.6 Å². The Bertz CT molecular complexity index is 499. The molecule has 0 aromatic heterocycles. The van der Waals surface area contributed by atoms with Crippen molar-refractivity contribution in [2.24, 2.45) is 0 Å². The molecule has 90 valence electrons. The maximum Gasteiger partial charge on any atom is 0.264 e. The van der Waals surface area contributed by atoms with E-state index >= 15 is 0 Å². The predicted molar refractivity (Wildman–Crippen MR) is 50.7 cm³/mol. The summed E-state index contributed by atoms with van der Waals surface area (Å²) in [5.41, 5.74) is -0.483. The summed E-state index contributed by atoms with van der Waals surface area (Å²) in [5.74, 6) is -3.71. The van der Waals surface area contributed by atoms with Gasteiger partial charge in [-0.1, -0.05) is 0 Å². The number of benzene rings is 1. The van der Waals surface area contributed by atoms with Gasteiger partial charge in [0.2, 0.25) is 0 Å². The molecular formula is C9H9F3O3S. The Labute approximate surface area is 91.0 Å². The molecule has 1 atom stereocenters. The summed E-state index contributed by atoms with van der Waals surface area (Å²) in [6.07, 6.45) is -0.531. The van der Waals surface area contributed by atoms with Gasteiger partial charge in [-0.15, -0.1) is 0 Å². The van der Waals surface area contributed by atoms with Gasteiger partial charge >= 0.3 is 0 Å². The second-order valence-corrected chi connectivity index (χ2v) is 4.83. The van der Waals surface area contributed by atoms with E-state index in [-0.39, 0.29) is 0 Å². The lowest BCUT2D eigenvalue weighted by Gasteiger charge is -2.12. The van der Waals surface area contributed by atoms with Gasteiger partial charge in [0, 0.05) is 11.6 Å². The molecule has 0 aliphatic heterocycles. The molecule has 0 heterocycles. The van der Waals surface area contributed by atoms with Crippen molar-refractivity contribution in [3.05, 3.63) is 35.1 Å². The largest absolute Gasteiger partial charge is 0.264 e. The highest BCUT2D eigenvalue weighted by Crippen LogP contribution is 2.24. The predicted octanol–water partition coefficient (Wildman–Crippen LogP) is 2.14. The molecule has 1 rings (SSSR count). The van der Waals surface area contributed by atoms with Crippen LogP contribution < -0.4 is 0 Å². The third-order valence-electron chi connectivity index (χ3n) is 1.78. The van der Waals surface area contributed by atoms with Crippen LogP contribution in [0.4, 0.5) is 13.2 Å². The average Bonchev–Trinajstić information content (AvgIpc) is 2.08. The van der Waals surface area contributed by atoms with Gasteiger partial charge in [-0.25, -0.2) is 13.2 Å². The molecule has 0 unspecified atom stereocenters. The Hall–Kier alpha value is -1.08. The SMILES string of the molecule is C[C@H](OS(C)(=O)=O)c1cc(F)cc(F)c1F. The van der Waals surface area contributed by atoms with Crippen LogP contribution in [0.15, 0.2) is 12.1 Å². The van der Waals surface area contributed by atoms with E-state index in [1.54, 1.807) is 0 Å². The van der Waals surface area contributed by atoms with Gasteiger partial charge < -0.3 is 0 Å². The van der Waals surface area contributed by atoms with Crippen molar-refractivity contribution < 1.29 is 25.8 Å². The minimum absolute atomic E-state index is 0.367. The van der Waals surface area contributed by atoms with Crippen molar-refractivity contribution in [3.8, 4) is 0 Å². The first-order chi connectivity index (χ1) is 7.20. The van der Waals surface area contributed by atoms with Gasteiger partial charge in [0.05, 0.1) is 6.26 Å². The smallest absolute Gasteiger partial charge is 0.262 e. The fourth-order valence-electron chi connectivity index (χ4n) is 1.19. The summed E-state index contributed by atoms with van der Waals surface area (Å²) in [4.78, 5) is 0.